The van der Waals surface area contributed by atoms with E-state index in [2.05, 4.69) is 5.32 Å². The van der Waals surface area contributed by atoms with Crippen LogP contribution in [-0.2, 0) is 22.6 Å². The number of rotatable bonds is 10. The number of halogens is 1. The summed E-state index contributed by atoms with van der Waals surface area (Å²) in [6, 6.07) is 12.9. The average molecular weight is 415 g/mol. The average Bonchev–Trinajstić information content (AvgIpc) is 2.75. The molecule has 0 fully saturated rings. The van der Waals surface area contributed by atoms with Crippen molar-refractivity contribution >= 4 is 11.8 Å². The summed E-state index contributed by atoms with van der Waals surface area (Å²) < 4.78 is 19.3. The van der Waals surface area contributed by atoms with E-state index < -0.39 is 11.9 Å². The molecule has 2 rings (SSSR count). The second-order valence-electron chi connectivity index (χ2n) is 7.38. The fourth-order valence-electron chi connectivity index (χ4n) is 3.19. The quantitative estimate of drug-likeness (QED) is 0.637. The maximum absolute atomic E-state index is 14.1. The number of nitrogens with one attached hydrogen (secondary N) is 1. The Labute approximate surface area is 178 Å². The van der Waals surface area contributed by atoms with Gasteiger partial charge in [0.2, 0.25) is 11.8 Å². The third-order valence-electron chi connectivity index (χ3n) is 5.20. The molecule has 2 aromatic rings. The zero-order valence-corrected chi connectivity index (χ0v) is 18.2. The predicted molar refractivity (Wildman–Crippen MR) is 116 cm³/mol. The Hall–Kier alpha value is -2.89. The fraction of sp³-hybridized carbons (Fsp3) is 0.417. The van der Waals surface area contributed by atoms with Gasteiger partial charge in [-0.15, -0.1) is 0 Å². The summed E-state index contributed by atoms with van der Waals surface area (Å²) in [5.41, 5.74) is 1.19. The number of hydrogen-bond donors (Lipinski definition) is 1. The standard InChI is InChI=1S/C24H31FN2O3/c1-5-17(3)26-24(29)22(6-2)27(16-18-11-13-20(30-4)14-12-18)23(28)15-19-9-7-8-10-21(19)25/h7-14,17,22H,5-6,15-16H2,1-4H3,(H,26,29)/t17-,22+/m1/s1. The SMILES string of the molecule is CC[C@@H](C)NC(=O)[C@H](CC)N(Cc1ccc(OC)cc1)C(=O)Cc1ccccc1F. The van der Waals surface area contributed by atoms with Gasteiger partial charge in [0.15, 0.2) is 0 Å². The Balaban J connectivity index is 2.30. The van der Waals surface area contributed by atoms with Gasteiger partial charge in [-0.1, -0.05) is 44.2 Å². The molecule has 0 aliphatic rings. The molecule has 6 heteroatoms. The molecule has 0 aromatic heterocycles. The molecule has 162 valence electrons. The lowest BCUT2D eigenvalue weighted by atomic mass is 10.1. The first-order chi connectivity index (χ1) is 14.4. The van der Waals surface area contributed by atoms with Crippen molar-refractivity contribution in [2.24, 2.45) is 0 Å². The number of ether oxygens (including phenoxy) is 1. The first kappa shape index (κ1) is 23.4. The third-order valence-corrected chi connectivity index (χ3v) is 5.20. The minimum atomic E-state index is -0.639. The molecule has 30 heavy (non-hydrogen) atoms. The lowest BCUT2D eigenvalue weighted by Gasteiger charge is -2.31. The largest absolute Gasteiger partial charge is 0.497 e. The normalized spacial score (nSPS) is 12.7. The van der Waals surface area contributed by atoms with Crippen LogP contribution in [0, 0.1) is 5.82 Å². The van der Waals surface area contributed by atoms with Crippen LogP contribution in [0.4, 0.5) is 4.39 Å². The van der Waals surface area contributed by atoms with E-state index in [1.807, 2.05) is 45.0 Å². The number of nitrogens with zero attached hydrogens (tertiary/aromatic N) is 1. The highest BCUT2D eigenvalue weighted by Gasteiger charge is 2.29. The van der Waals surface area contributed by atoms with Crippen LogP contribution < -0.4 is 10.1 Å². The molecule has 2 amide bonds. The highest BCUT2D eigenvalue weighted by atomic mass is 19.1. The molecule has 0 unspecified atom stereocenters. The van der Waals surface area contributed by atoms with Gasteiger partial charge in [0.05, 0.1) is 13.5 Å². The molecule has 1 N–H and O–H groups in total. The molecule has 0 saturated carbocycles. The Morgan fingerprint density at radius 3 is 2.30 bits per heavy atom. The molecular weight excluding hydrogens is 383 g/mol. The number of methoxy groups -OCH3 is 1. The van der Waals surface area contributed by atoms with Crippen LogP contribution in [0.2, 0.25) is 0 Å². The van der Waals surface area contributed by atoms with Crippen LogP contribution in [0.1, 0.15) is 44.7 Å². The zero-order valence-electron chi connectivity index (χ0n) is 18.2. The molecule has 0 spiro atoms. The Morgan fingerprint density at radius 2 is 1.73 bits per heavy atom. The van der Waals surface area contributed by atoms with Gasteiger partial charge in [0.25, 0.3) is 0 Å². The third kappa shape index (κ3) is 6.31. The van der Waals surface area contributed by atoms with E-state index in [0.717, 1.165) is 12.0 Å². The van der Waals surface area contributed by atoms with Gasteiger partial charge in [-0.25, -0.2) is 4.39 Å². The predicted octanol–water partition coefficient (Wildman–Crippen LogP) is 4.10. The van der Waals surface area contributed by atoms with E-state index >= 15 is 0 Å². The van der Waals surface area contributed by atoms with Crippen LogP contribution in [0.5, 0.6) is 5.75 Å². The van der Waals surface area contributed by atoms with E-state index in [1.165, 1.54) is 6.07 Å². The monoisotopic (exact) mass is 414 g/mol. The van der Waals surface area contributed by atoms with Crippen molar-refractivity contribution in [2.45, 2.75) is 58.7 Å². The van der Waals surface area contributed by atoms with E-state index in [-0.39, 0.29) is 30.8 Å². The molecule has 2 aromatic carbocycles. The van der Waals surface area contributed by atoms with Gasteiger partial charge in [-0.05, 0) is 49.1 Å². The highest BCUT2D eigenvalue weighted by molar-refractivity contribution is 5.88. The van der Waals surface area contributed by atoms with Crippen molar-refractivity contribution in [1.29, 1.82) is 0 Å². The summed E-state index contributed by atoms with van der Waals surface area (Å²) in [6.45, 7) is 6.05. The molecule has 0 aliphatic carbocycles. The summed E-state index contributed by atoms with van der Waals surface area (Å²) in [5, 5.41) is 2.97. The summed E-state index contributed by atoms with van der Waals surface area (Å²) in [7, 11) is 1.59. The molecule has 2 atom stereocenters. The molecule has 0 aliphatic heterocycles. The second kappa shape index (κ2) is 11.3. The number of benzene rings is 2. The minimum Gasteiger partial charge on any atom is -0.497 e. The van der Waals surface area contributed by atoms with Crippen LogP contribution in [0.25, 0.3) is 0 Å². The topological polar surface area (TPSA) is 58.6 Å². The van der Waals surface area contributed by atoms with Gasteiger partial charge < -0.3 is 15.0 Å². The number of carbonyl (C=O) groups excluding carboxylic acids is 2. The first-order valence-corrected chi connectivity index (χ1v) is 10.4. The van der Waals surface area contributed by atoms with E-state index in [1.54, 1.807) is 30.2 Å². The fourth-order valence-corrected chi connectivity index (χ4v) is 3.19. The maximum Gasteiger partial charge on any atom is 0.243 e. The Kier molecular flexibility index (Phi) is 8.84. The summed E-state index contributed by atoms with van der Waals surface area (Å²) in [5.74, 6) is -0.193. The van der Waals surface area contributed by atoms with Gasteiger partial charge in [-0.2, -0.15) is 0 Å². The van der Waals surface area contributed by atoms with Gasteiger partial charge in [0, 0.05) is 12.6 Å². The van der Waals surface area contributed by atoms with E-state index in [4.69, 9.17) is 4.74 Å². The molecule has 0 saturated heterocycles. The minimum absolute atomic E-state index is 0.0102. The van der Waals surface area contributed by atoms with Crippen LogP contribution in [0.3, 0.4) is 0 Å². The zero-order chi connectivity index (χ0) is 22.1. The van der Waals surface area contributed by atoms with Crippen molar-refractivity contribution in [3.63, 3.8) is 0 Å². The molecule has 0 heterocycles. The molecule has 0 radical (unpaired) electrons. The van der Waals surface area contributed by atoms with Crippen molar-refractivity contribution in [1.82, 2.24) is 10.2 Å². The maximum atomic E-state index is 14.1. The highest BCUT2D eigenvalue weighted by Crippen LogP contribution is 2.18. The Bertz CT molecular complexity index is 839. The van der Waals surface area contributed by atoms with Crippen molar-refractivity contribution < 1.29 is 18.7 Å². The van der Waals surface area contributed by atoms with Crippen molar-refractivity contribution in [3.8, 4) is 5.75 Å². The Morgan fingerprint density at radius 1 is 1.07 bits per heavy atom. The van der Waals surface area contributed by atoms with Crippen molar-refractivity contribution in [2.75, 3.05) is 7.11 Å². The lowest BCUT2D eigenvalue weighted by molar-refractivity contribution is -0.141. The first-order valence-electron chi connectivity index (χ1n) is 10.4. The summed E-state index contributed by atoms with van der Waals surface area (Å²) in [6.07, 6.45) is 1.15. The lowest BCUT2D eigenvalue weighted by Crippen LogP contribution is -2.51. The second-order valence-corrected chi connectivity index (χ2v) is 7.38. The van der Waals surface area contributed by atoms with E-state index in [9.17, 15) is 14.0 Å². The van der Waals surface area contributed by atoms with Crippen LogP contribution >= 0.6 is 0 Å². The van der Waals surface area contributed by atoms with Gasteiger partial charge in [0.1, 0.15) is 17.6 Å². The van der Waals surface area contributed by atoms with Crippen LogP contribution in [-0.4, -0.2) is 35.9 Å². The number of amides is 2. The molecular formula is C24H31FN2O3. The van der Waals surface area contributed by atoms with E-state index in [0.29, 0.717) is 17.7 Å². The molecule has 0 bridgehead atoms. The van der Waals surface area contributed by atoms with Crippen molar-refractivity contribution in [3.05, 3.63) is 65.5 Å². The molecule has 5 nitrogen and oxygen atoms in total. The summed E-state index contributed by atoms with van der Waals surface area (Å²) in [4.78, 5) is 27.7. The van der Waals surface area contributed by atoms with Gasteiger partial charge >= 0.3 is 0 Å². The smallest absolute Gasteiger partial charge is 0.243 e. The number of carbonyl (C=O) groups is 2. The van der Waals surface area contributed by atoms with Gasteiger partial charge in [-0.3, -0.25) is 9.59 Å². The summed E-state index contributed by atoms with van der Waals surface area (Å²) >= 11 is 0. The van der Waals surface area contributed by atoms with Crippen LogP contribution in [0.15, 0.2) is 48.5 Å². The number of hydrogen-bond acceptors (Lipinski definition) is 3.